The van der Waals surface area contributed by atoms with E-state index in [2.05, 4.69) is 158 Å². The van der Waals surface area contributed by atoms with Crippen LogP contribution >= 0.6 is 0 Å². The lowest BCUT2D eigenvalue weighted by atomic mass is 9.62. The van der Waals surface area contributed by atoms with Gasteiger partial charge in [0, 0.05) is 38.7 Å². The molecule has 380 valence electrons. The first-order chi connectivity index (χ1) is 32.0. The van der Waals surface area contributed by atoms with Gasteiger partial charge in [0.2, 0.25) is 0 Å². The molecule has 0 bridgehead atoms. The minimum absolute atomic E-state index is 0.0719. The molecule has 0 aliphatic heterocycles. The lowest BCUT2D eigenvalue weighted by Crippen LogP contribution is -2.47. The van der Waals surface area contributed by atoms with Gasteiger partial charge in [0.1, 0.15) is 5.75 Å². The van der Waals surface area contributed by atoms with Gasteiger partial charge >= 0.3 is 0 Å². The molecule has 5 rings (SSSR count). The third-order valence-corrected chi connectivity index (χ3v) is 17.1. The van der Waals surface area contributed by atoms with Gasteiger partial charge < -0.3 is 38.9 Å². The van der Waals surface area contributed by atoms with Crippen LogP contribution in [0.4, 0.5) is 0 Å². The molecule has 0 heterocycles. The van der Waals surface area contributed by atoms with Crippen molar-refractivity contribution in [1.29, 1.82) is 0 Å². The molecule has 4 radical (unpaired) electrons. The van der Waals surface area contributed by atoms with Crippen molar-refractivity contribution < 1.29 is 33.2 Å². The third-order valence-electron chi connectivity index (χ3n) is 17.1. The van der Waals surface area contributed by atoms with Gasteiger partial charge in [0.05, 0.1) is 75.7 Å². The molecule has 6 atom stereocenters. The van der Waals surface area contributed by atoms with Crippen LogP contribution in [0.25, 0.3) is 22.3 Å². The number of ether oxygens (including phenoxy) is 7. The summed E-state index contributed by atoms with van der Waals surface area (Å²) in [5, 5.41) is -1.19. The Kier molecular flexibility index (Phi) is 17.8. The molecule has 1 saturated carbocycles. The van der Waals surface area contributed by atoms with E-state index in [1.54, 1.807) is 21.3 Å². The Morgan fingerprint density at radius 3 is 1.70 bits per heavy atom. The Hall–Kier alpha value is -2.69. The fourth-order valence-electron chi connectivity index (χ4n) is 10.3. The van der Waals surface area contributed by atoms with Crippen molar-refractivity contribution in [3.63, 3.8) is 0 Å². The molecule has 2 aliphatic carbocycles. The van der Waals surface area contributed by atoms with E-state index >= 15 is 0 Å². The molecule has 2 aliphatic rings. The Labute approximate surface area is 422 Å². The molecule has 3 aromatic carbocycles. The summed E-state index contributed by atoms with van der Waals surface area (Å²) in [5.41, 5.74) is 12.3. The van der Waals surface area contributed by atoms with E-state index in [1.165, 1.54) is 16.7 Å². The van der Waals surface area contributed by atoms with Gasteiger partial charge in [-0.25, -0.2) is 0 Å². The zero-order valence-electron chi connectivity index (χ0n) is 46.4. The largest absolute Gasteiger partial charge is 0.493 e. The van der Waals surface area contributed by atoms with Crippen molar-refractivity contribution in [1.82, 2.24) is 0 Å². The summed E-state index contributed by atoms with van der Waals surface area (Å²) in [4.78, 5) is 0. The number of hydrogen-bond acceptors (Lipinski definition) is 8. The molecule has 3 aromatic rings. The van der Waals surface area contributed by atoms with Crippen LogP contribution in [0.3, 0.4) is 0 Å². The van der Waals surface area contributed by atoms with E-state index in [4.69, 9.17) is 54.6 Å². The second-order valence-corrected chi connectivity index (χ2v) is 24.1. The lowest BCUT2D eigenvalue weighted by Gasteiger charge is -2.43. The minimum Gasteiger partial charge on any atom is -0.493 e. The Bertz CT molecular complexity index is 2170. The highest BCUT2D eigenvalue weighted by atomic mass is 16.6. The maximum absolute atomic E-state index is 7.28. The van der Waals surface area contributed by atoms with Gasteiger partial charge in [-0.15, -0.1) is 0 Å². The van der Waals surface area contributed by atoms with Crippen LogP contribution < -0.4 is 10.5 Å². The van der Waals surface area contributed by atoms with Gasteiger partial charge in [0.15, 0.2) is 0 Å². The Morgan fingerprint density at radius 2 is 1.16 bits per heavy atom. The lowest BCUT2D eigenvalue weighted by molar-refractivity contribution is -0.157. The molecule has 0 amide bonds. The standard InChI is InChI=1S/C59H91B2NO7/c1-19-56(14,65-18)39-68-52(6,7)28-30-66-49-34-43(57(15,60)20-2)33-46-50(49)44-27-24-41(40-22-25-42(26-23-40)59(61,21-3)37-62)32-45(44)58(46)35-47(54(10,11)67-31-29-51(4,5)63-16)48(36-58)55(12,13)69-38-53(8,9)64-17/h22-27,32-34,47-48H,19-21,28-31,35-39,62H2,1-18H3. The van der Waals surface area contributed by atoms with Crippen molar-refractivity contribution in [2.75, 3.05) is 54.3 Å². The Morgan fingerprint density at radius 1 is 0.580 bits per heavy atom. The van der Waals surface area contributed by atoms with Crippen LogP contribution in [0.15, 0.2) is 54.6 Å². The van der Waals surface area contributed by atoms with E-state index in [9.17, 15) is 0 Å². The first-order valence-electron chi connectivity index (χ1n) is 25.9. The fraction of sp³-hybridized carbons (Fsp3) is 0.695. The summed E-state index contributed by atoms with van der Waals surface area (Å²) in [6.45, 7) is 34.7. The van der Waals surface area contributed by atoms with Gasteiger partial charge in [-0.2, -0.15) is 0 Å². The average molecular weight is 948 g/mol. The topological polar surface area (TPSA) is 90.6 Å². The number of rotatable bonds is 26. The zero-order chi connectivity index (χ0) is 51.6. The summed E-state index contributed by atoms with van der Waals surface area (Å²) in [5.74, 6) is 1.00. The first kappa shape index (κ1) is 57.2. The molecule has 10 heteroatoms. The zero-order valence-corrected chi connectivity index (χ0v) is 46.4. The van der Waals surface area contributed by atoms with Crippen molar-refractivity contribution >= 4 is 15.7 Å². The molecule has 8 nitrogen and oxygen atoms in total. The third kappa shape index (κ3) is 12.6. The van der Waals surface area contributed by atoms with Gasteiger partial charge in [-0.05, 0) is 182 Å². The number of fused-ring (bicyclic) bond motifs is 5. The number of nitrogens with two attached hydrogens (primary N) is 1. The SMILES string of the molecule is [B]C(C)(CC)c1cc(OCCC(C)(C)OCC(C)(CC)OC)c2c(c1)C1(CC(C(C)(C)OCCC(C)(C)OC)C(C(C)(C)OCC(C)(C)OC)C1)c1cc(-c3ccc(C([B])(CC)CN)cc3)ccc1-2. The van der Waals surface area contributed by atoms with E-state index in [0.717, 1.165) is 72.1 Å². The second kappa shape index (κ2) is 21.4. The molecule has 6 unspecified atom stereocenters. The molecular formula is C59H91B2NO7. The molecule has 0 aromatic heterocycles. The second-order valence-electron chi connectivity index (χ2n) is 24.1. The van der Waals surface area contributed by atoms with E-state index in [-0.39, 0.29) is 23.0 Å². The van der Waals surface area contributed by atoms with Gasteiger partial charge in [-0.3, -0.25) is 0 Å². The van der Waals surface area contributed by atoms with Crippen LogP contribution in [0.1, 0.15) is 171 Å². The Balaban J connectivity index is 1.74. The summed E-state index contributed by atoms with van der Waals surface area (Å²) < 4.78 is 45.4. The molecule has 0 saturated heterocycles. The molecule has 69 heavy (non-hydrogen) atoms. The van der Waals surface area contributed by atoms with Crippen LogP contribution in [0.2, 0.25) is 0 Å². The number of hydrogen-bond donors (Lipinski definition) is 1. The summed E-state index contributed by atoms with van der Waals surface area (Å²) in [6, 6.07) is 20.3. The van der Waals surface area contributed by atoms with Crippen LogP contribution in [-0.4, -0.2) is 104 Å². The highest BCUT2D eigenvalue weighted by molar-refractivity contribution is 6.16. The van der Waals surface area contributed by atoms with Crippen molar-refractivity contribution in [3.8, 4) is 28.0 Å². The normalized spacial score (nSPS) is 21.4. The number of benzene rings is 3. The predicted molar refractivity (Wildman–Crippen MR) is 287 cm³/mol. The fourth-order valence-corrected chi connectivity index (χ4v) is 10.3. The van der Waals surface area contributed by atoms with Crippen LogP contribution in [0, 0.1) is 11.8 Å². The van der Waals surface area contributed by atoms with Gasteiger partial charge in [0.25, 0.3) is 0 Å². The maximum atomic E-state index is 7.28. The quantitative estimate of drug-likeness (QED) is 0.0796. The van der Waals surface area contributed by atoms with E-state index in [1.807, 2.05) is 0 Å². The van der Waals surface area contributed by atoms with E-state index in [0.29, 0.717) is 39.4 Å². The molecular weight excluding hydrogens is 856 g/mol. The van der Waals surface area contributed by atoms with Crippen molar-refractivity contribution in [3.05, 3.63) is 76.9 Å². The highest BCUT2D eigenvalue weighted by Crippen LogP contribution is 2.66. The molecule has 1 spiro atoms. The monoisotopic (exact) mass is 948 g/mol. The van der Waals surface area contributed by atoms with Gasteiger partial charge in [-0.1, -0.05) is 83.0 Å². The molecule has 2 N–H and O–H groups in total. The van der Waals surface area contributed by atoms with Crippen LogP contribution in [0.5, 0.6) is 5.75 Å². The highest BCUT2D eigenvalue weighted by Gasteiger charge is 2.60. The van der Waals surface area contributed by atoms with Crippen molar-refractivity contribution in [2.24, 2.45) is 17.6 Å². The molecule has 1 fully saturated rings. The van der Waals surface area contributed by atoms with Crippen molar-refractivity contribution in [2.45, 2.75) is 198 Å². The summed E-state index contributed by atoms with van der Waals surface area (Å²) in [6.07, 6.45) is 5.47. The van der Waals surface area contributed by atoms with E-state index < -0.39 is 38.4 Å². The predicted octanol–water partition coefficient (Wildman–Crippen LogP) is 12.4. The summed E-state index contributed by atoms with van der Waals surface area (Å²) >= 11 is 0. The smallest absolute Gasteiger partial charge is 0.127 e. The first-order valence-corrected chi connectivity index (χ1v) is 25.9. The van der Waals surface area contributed by atoms with Crippen LogP contribution in [-0.2, 0) is 44.5 Å². The summed E-state index contributed by atoms with van der Waals surface area (Å²) in [7, 11) is 19.4. The number of methoxy groups -OCH3 is 3. The maximum Gasteiger partial charge on any atom is 0.127 e. The minimum atomic E-state index is -0.606. The average Bonchev–Trinajstić information content (AvgIpc) is 3.87.